The first-order valence-electron chi connectivity index (χ1n) is 7.05. The van der Waals surface area contributed by atoms with Gasteiger partial charge in [0.05, 0.1) is 12.6 Å². The third-order valence-electron chi connectivity index (χ3n) is 3.29. The van der Waals surface area contributed by atoms with Gasteiger partial charge in [0.1, 0.15) is 5.82 Å². The van der Waals surface area contributed by atoms with E-state index in [1.54, 1.807) is 20.2 Å². The Morgan fingerprint density at radius 2 is 2.15 bits per heavy atom. The van der Waals surface area contributed by atoms with Gasteiger partial charge < -0.3 is 15.0 Å². The highest BCUT2D eigenvalue weighted by Gasteiger charge is 2.20. The number of nitrogens with one attached hydrogen (secondary N) is 1. The molecule has 112 valence electrons. The number of likely N-dealkylation sites (N-methyl/N-ethyl adjacent to an activating group) is 1. The van der Waals surface area contributed by atoms with Crippen LogP contribution in [0.3, 0.4) is 0 Å². The predicted molar refractivity (Wildman–Crippen MR) is 81.2 cm³/mol. The van der Waals surface area contributed by atoms with E-state index in [0.29, 0.717) is 18.7 Å². The first-order chi connectivity index (χ1) is 9.57. The van der Waals surface area contributed by atoms with Crippen molar-refractivity contribution in [1.29, 1.82) is 0 Å². The van der Waals surface area contributed by atoms with Crippen LogP contribution in [0.5, 0.6) is 0 Å². The zero-order chi connectivity index (χ0) is 15.1. The maximum absolute atomic E-state index is 12.6. The second kappa shape index (κ2) is 7.85. The number of nitrogens with zero attached hydrogens (tertiary/aromatic N) is 2. The van der Waals surface area contributed by atoms with Crippen molar-refractivity contribution in [2.45, 2.75) is 33.2 Å². The normalized spacial score (nSPS) is 12.1. The lowest BCUT2D eigenvalue weighted by Crippen LogP contribution is -2.41. The molecule has 0 spiro atoms. The van der Waals surface area contributed by atoms with Gasteiger partial charge in [-0.3, -0.25) is 4.79 Å². The first-order valence-corrected chi connectivity index (χ1v) is 7.05. The van der Waals surface area contributed by atoms with Crippen LogP contribution in [0.25, 0.3) is 0 Å². The molecular formula is C15H25N3O2. The minimum Gasteiger partial charge on any atom is -0.383 e. The maximum atomic E-state index is 12.6. The van der Waals surface area contributed by atoms with E-state index >= 15 is 0 Å². The minimum absolute atomic E-state index is 0.0191. The zero-order valence-electron chi connectivity index (χ0n) is 13.1. The molecule has 1 aromatic heterocycles. The number of methoxy groups -OCH3 is 1. The van der Waals surface area contributed by atoms with E-state index in [1.807, 2.05) is 31.7 Å². The number of carbonyl (C=O) groups is 1. The largest absolute Gasteiger partial charge is 0.383 e. The number of pyridine rings is 1. The van der Waals surface area contributed by atoms with Crippen LogP contribution >= 0.6 is 0 Å². The number of hydrogen-bond donors (Lipinski definition) is 1. The van der Waals surface area contributed by atoms with Crippen molar-refractivity contribution in [3.63, 3.8) is 0 Å². The summed E-state index contributed by atoms with van der Waals surface area (Å²) >= 11 is 0. The molecule has 1 aromatic rings. The van der Waals surface area contributed by atoms with Gasteiger partial charge in [0.2, 0.25) is 0 Å². The fraction of sp³-hybridized carbons (Fsp3) is 0.600. The number of aromatic nitrogens is 1. The topological polar surface area (TPSA) is 54.5 Å². The molecule has 0 fully saturated rings. The van der Waals surface area contributed by atoms with Crippen molar-refractivity contribution in [3.05, 3.63) is 23.4 Å². The minimum atomic E-state index is 0.0191. The van der Waals surface area contributed by atoms with E-state index in [1.165, 1.54) is 0 Å². The quantitative estimate of drug-likeness (QED) is 0.831. The molecule has 0 aromatic carbocycles. The van der Waals surface area contributed by atoms with Crippen LogP contribution in [0, 0.1) is 0 Å². The molecule has 1 rings (SSSR count). The Hall–Kier alpha value is -1.62. The van der Waals surface area contributed by atoms with Gasteiger partial charge in [-0.05, 0) is 32.4 Å². The molecule has 0 aliphatic heterocycles. The number of anilines is 1. The highest BCUT2D eigenvalue weighted by molar-refractivity contribution is 5.95. The SMILES string of the molecule is CCc1cc(C(=O)N(CC)C(C)COC)cc(NC)n1. The number of ether oxygens (including phenoxy) is 1. The molecule has 0 radical (unpaired) electrons. The molecule has 1 heterocycles. The van der Waals surface area contributed by atoms with E-state index in [9.17, 15) is 4.79 Å². The molecule has 0 saturated heterocycles. The van der Waals surface area contributed by atoms with Gasteiger partial charge in [0.15, 0.2) is 0 Å². The third-order valence-corrected chi connectivity index (χ3v) is 3.29. The van der Waals surface area contributed by atoms with Crippen LogP contribution in [0.2, 0.25) is 0 Å². The molecule has 20 heavy (non-hydrogen) atoms. The average molecular weight is 279 g/mol. The summed E-state index contributed by atoms with van der Waals surface area (Å²) in [7, 11) is 3.46. The van der Waals surface area contributed by atoms with Crippen LogP contribution in [-0.2, 0) is 11.2 Å². The number of rotatable bonds is 7. The fourth-order valence-electron chi connectivity index (χ4n) is 2.17. The summed E-state index contributed by atoms with van der Waals surface area (Å²) in [6.45, 7) is 7.18. The van der Waals surface area contributed by atoms with Gasteiger partial charge in [0.25, 0.3) is 5.91 Å². The van der Waals surface area contributed by atoms with E-state index in [4.69, 9.17) is 4.74 Å². The lowest BCUT2D eigenvalue weighted by atomic mass is 10.1. The number of aryl methyl sites for hydroxylation is 1. The van der Waals surface area contributed by atoms with E-state index in [0.717, 1.165) is 17.9 Å². The second-order valence-electron chi connectivity index (χ2n) is 4.73. The van der Waals surface area contributed by atoms with Crippen molar-refractivity contribution in [1.82, 2.24) is 9.88 Å². The maximum Gasteiger partial charge on any atom is 0.254 e. The Kier molecular flexibility index (Phi) is 6.45. The van der Waals surface area contributed by atoms with Gasteiger partial charge in [-0.15, -0.1) is 0 Å². The lowest BCUT2D eigenvalue weighted by Gasteiger charge is -2.27. The van der Waals surface area contributed by atoms with Crippen LogP contribution in [0.1, 0.15) is 36.8 Å². The third kappa shape index (κ3) is 3.93. The molecule has 0 aliphatic rings. The van der Waals surface area contributed by atoms with E-state index < -0.39 is 0 Å². The summed E-state index contributed by atoms with van der Waals surface area (Å²) in [5.41, 5.74) is 1.58. The van der Waals surface area contributed by atoms with Crippen molar-refractivity contribution >= 4 is 11.7 Å². The van der Waals surface area contributed by atoms with Gasteiger partial charge in [-0.2, -0.15) is 0 Å². The molecule has 1 unspecified atom stereocenters. The smallest absolute Gasteiger partial charge is 0.254 e. The molecule has 1 N–H and O–H groups in total. The molecule has 5 heteroatoms. The summed E-state index contributed by atoms with van der Waals surface area (Å²) in [5.74, 6) is 0.744. The summed E-state index contributed by atoms with van der Waals surface area (Å²) < 4.78 is 5.14. The highest BCUT2D eigenvalue weighted by Crippen LogP contribution is 2.15. The van der Waals surface area contributed by atoms with Crippen molar-refractivity contribution < 1.29 is 9.53 Å². The van der Waals surface area contributed by atoms with Gasteiger partial charge in [-0.1, -0.05) is 6.92 Å². The monoisotopic (exact) mass is 279 g/mol. The summed E-state index contributed by atoms with van der Waals surface area (Å²) in [4.78, 5) is 18.9. The van der Waals surface area contributed by atoms with E-state index in [2.05, 4.69) is 10.3 Å². The molecule has 5 nitrogen and oxygen atoms in total. The average Bonchev–Trinajstić information content (AvgIpc) is 2.47. The molecule has 0 bridgehead atoms. The van der Waals surface area contributed by atoms with Gasteiger partial charge in [-0.25, -0.2) is 4.98 Å². The van der Waals surface area contributed by atoms with Crippen LogP contribution in [0.15, 0.2) is 12.1 Å². The molecule has 1 amide bonds. The van der Waals surface area contributed by atoms with Crippen molar-refractivity contribution in [2.75, 3.05) is 32.6 Å². The summed E-state index contributed by atoms with van der Waals surface area (Å²) in [6.07, 6.45) is 0.801. The summed E-state index contributed by atoms with van der Waals surface area (Å²) in [5, 5.41) is 3.00. The van der Waals surface area contributed by atoms with Crippen molar-refractivity contribution in [3.8, 4) is 0 Å². The number of hydrogen-bond acceptors (Lipinski definition) is 4. The lowest BCUT2D eigenvalue weighted by molar-refractivity contribution is 0.0579. The fourth-order valence-corrected chi connectivity index (χ4v) is 2.17. The molecule has 1 atom stereocenters. The molecular weight excluding hydrogens is 254 g/mol. The van der Waals surface area contributed by atoms with Crippen LogP contribution in [0.4, 0.5) is 5.82 Å². The molecule has 0 saturated carbocycles. The Morgan fingerprint density at radius 1 is 1.45 bits per heavy atom. The van der Waals surface area contributed by atoms with Gasteiger partial charge in [0, 0.05) is 32.0 Å². The highest BCUT2D eigenvalue weighted by atomic mass is 16.5. The Balaban J connectivity index is 3.05. The predicted octanol–water partition coefficient (Wildman–Crippen LogP) is 2.18. The molecule has 0 aliphatic carbocycles. The number of carbonyl (C=O) groups excluding carboxylic acids is 1. The van der Waals surface area contributed by atoms with Crippen LogP contribution < -0.4 is 5.32 Å². The summed E-state index contributed by atoms with van der Waals surface area (Å²) in [6, 6.07) is 3.71. The first kappa shape index (κ1) is 16.4. The van der Waals surface area contributed by atoms with Crippen LogP contribution in [-0.4, -0.2) is 49.1 Å². The standard InChI is InChI=1S/C15H25N3O2/c1-6-13-8-12(9-14(16-4)17-13)15(19)18(7-2)11(3)10-20-5/h8-9,11H,6-7,10H2,1-5H3,(H,16,17). The Morgan fingerprint density at radius 3 is 2.65 bits per heavy atom. The Bertz CT molecular complexity index is 426. The second-order valence-corrected chi connectivity index (χ2v) is 4.73. The zero-order valence-corrected chi connectivity index (χ0v) is 13.1. The Labute approximate surface area is 121 Å². The van der Waals surface area contributed by atoms with E-state index in [-0.39, 0.29) is 11.9 Å². The van der Waals surface area contributed by atoms with Crippen molar-refractivity contribution in [2.24, 2.45) is 0 Å². The van der Waals surface area contributed by atoms with Gasteiger partial charge >= 0.3 is 0 Å². The number of amides is 1.